The van der Waals surface area contributed by atoms with Gasteiger partial charge in [0.2, 0.25) is 5.95 Å². The van der Waals surface area contributed by atoms with E-state index in [4.69, 9.17) is 27.8 Å². The molecule has 120 valence electrons. The highest BCUT2D eigenvalue weighted by Gasteiger charge is 2.14. The number of nitrogen functional groups attached to an aromatic ring is 2. The molecular formula is C16H18ClN5O. The van der Waals surface area contributed by atoms with Crippen molar-refractivity contribution in [2.45, 2.75) is 20.3 Å². The lowest BCUT2D eigenvalue weighted by molar-refractivity contribution is 0.289. The van der Waals surface area contributed by atoms with Crippen molar-refractivity contribution in [3.05, 3.63) is 28.8 Å². The molecule has 0 radical (unpaired) electrons. The van der Waals surface area contributed by atoms with E-state index in [9.17, 15) is 5.26 Å². The van der Waals surface area contributed by atoms with E-state index in [2.05, 4.69) is 23.8 Å². The van der Waals surface area contributed by atoms with Gasteiger partial charge in [0.25, 0.3) is 0 Å². The molecule has 0 atom stereocenters. The van der Waals surface area contributed by atoms with Crippen molar-refractivity contribution in [3.63, 3.8) is 0 Å². The Morgan fingerprint density at radius 3 is 2.65 bits per heavy atom. The third-order valence-electron chi connectivity index (χ3n) is 3.22. The van der Waals surface area contributed by atoms with Crippen LogP contribution in [-0.2, 0) is 0 Å². The number of hydrogen-bond acceptors (Lipinski definition) is 6. The van der Waals surface area contributed by atoms with E-state index < -0.39 is 0 Å². The zero-order valence-electron chi connectivity index (χ0n) is 13.0. The molecule has 7 heteroatoms. The smallest absolute Gasteiger partial charge is 0.222 e. The van der Waals surface area contributed by atoms with Crippen LogP contribution in [0, 0.1) is 17.2 Å². The minimum Gasteiger partial charge on any atom is -0.492 e. The number of rotatable bonds is 5. The van der Waals surface area contributed by atoms with Crippen LogP contribution >= 0.6 is 11.6 Å². The van der Waals surface area contributed by atoms with Gasteiger partial charge < -0.3 is 16.2 Å². The first-order valence-corrected chi connectivity index (χ1v) is 7.56. The molecule has 0 amide bonds. The number of anilines is 2. The molecule has 23 heavy (non-hydrogen) atoms. The maximum atomic E-state index is 9.23. The molecule has 1 heterocycles. The summed E-state index contributed by atoms with van der Waals surface area (Å²) in [5.74, 6) is 1.19. The van der Waals surface area contributed by atoms with Gasteiger partial charge in [-0.1, -0.05) is 25.4 Å². The SMILES string of the molecule is CC(C)CCOc1ccc(-c2nc(N)nc(N)c2C#N)cc1Cl. The van der Waals surface area contributed by atoms with Gasteiger partial charge >= 0.3 is 0 Å². The summed E-state index contributed by atoms with van der Waals surface area (Å²) < 4.78 is 5.66. The van der Waals surface area contributed by atoms with Crippen LogP contribution in [0.3, 0.4) is 0 Å². The quantitative estimate of drug-likeness (QED) is 0.869. The monoisotopic (exact) mass is 331 g/mol. The number of hydrogen-bond donors (Lipinski definition) is 2. The lowest BCUT2D eigenvalue weighted by Gasteiger charge is -2.11. The third-order valence-corrected chi connectivity index (χ3v) is 3.52. The van der Waals surface area contributed by atoms with E-state index in [1.54, 1.807) is 18.2 Å². The van der Waals surface area contributed by atoms with Crippen LogP contribution < -0.4 is 16.2 Å². The lowest BCUT2D eigenvalue weighted by Crippen LogP contribution is -2.05. The van der Waals surface area contributed by atoms with Crippen molar-refractivity contribution in [1.29, 1.82) is 5.26 Å². The van der Waals surface area contributed by atoms with Crippen molar-refractivity contribution in [2.75, 3.05) is 18.1 Å². The van der Waals surface area contributed by atoms with Crippen LogP contribution in [0.5, 0.6) is 5.75 Å². The minimum absolute atomic E-state index is 0.00452. The van der Waals surface area contributed by atoms with Crippen molar-refractivity contribution in [2.24, 2.45) is 5.92 Å². The number of aromatic nitrogens is 2. The maximum absolute atomic E-state index is 9.23. The first-order valence-electron chi connectivity index (χ1n) is 7.18. The number of benzene rings is 1. The van der Waals surface area contributed by atoms with Gasteiger partial charge in [-0.25, -0.2) is 4.98 Å². The fourth-order valence-electron chi connectivity index (χ4n) is 1.98. The Hall–Kier alpha value is -2.52. The average Bonchev–Trinajstić information content (AvgIpc) is 2.47. The van der Waals surface area contributed by atoms with Gasteiger partial charge in [-0.05, 0) is 30.5 Å². The summed E-state index contributed by atoms with van der Waals surface area (Å²) in [6.45, 7) is 4.84. The fourth-order valence-corrected chi connectivity index (χ4v) is 2.22. The molecule has 0 saturated heterocycles. The lowest BCUT2D eigenvalue weighted by atomic mass is 10.1. The van der Waals surface area contributed by atoms with Crippen LogP contribution in [0.1, 0.15) is 25.8 Å². The summed E-state index contributed by atoms with van der Waals surface area (Å²) in [4.78, 5) is 7.89. The molecule has 4 N–H and O–H groups in total. The number of nitrogens with two attached hydrogens (primary N) is 2. The predicted molar refractivity (Wildman–Crippen MR) is 91.0 cm³/mol. The first-order chi connectivity index (χ1) is 10.9. The summed E-state index contributed by atoms with van der Waals surface area (Å²) >= 11 is 6.26. The Balaban J connectivity index is 2.33. The largest absolute Gasteiger partial charge is 0.492 e. The Labute approximate surface area is 140 Å². The Bertz CT molecular complexity index is 755. The van der Waals surface area contributed by atoms with Gasteiger partial charge in [0.1, 0.15) is 23.2 Å². The molecule has 1 aromatic carbocycles. The maximum Gasteiger partial charge on any atom is 0.222 e. The summed E-state index contributed by atoms with van der Waals surface area (Å²) in [5.41, 5.74) is 12.5. The van der Waals surface area contributed by atoms with E-state index in [-0.39, 0.29) is 17.3 Å². The summed E-state index contributed by atoms with van der Waals surface area (Å²) in [5, 5.41) is 9.67. The first kappa shape index (κ1) is 16.8. The number of nitrogens with zero attached hydrogens (tertiary/aromatic N) is 3. The third kappa shape index (κ3) is 4.02. The van der Waals surface area contributed by atoms with Gasteiger partial charge in [-0.3, -0.25) is 0 Å². The molecule has 6 nitrogen and oxygen atoms in total. The fraction of sp³-hybridized carbons (Fsp3) is 0.312. The second-order valence-corrected chi connectivity index (χ2v) is 5.89. The second kappa shape index (κ2) is 7.16. The molecule has 2 aromatic rings. The van der Waals surface area contributed by atoms with Crippen LogP contribution in [0.4, 0.5) is 11.8 Å². The molecule has 0 spiro atoms. The molecule has 1 aromatic heterocycles. The topological polar surface area (TPSA) is 111 Å². The van der Waals surface area contributed by atoms with E-state index in [1.807, 2.05) is 6.07 Å². The van der Waals surface area contributed by atoms with Gasteiger partial charge in [-0.2, -0.15) is 10.2 Å². The molecule has 0 unspecified atom stereocenters. The molecular weight excluding hydrogens is 314 g/mol. The number of halogens is 1. The molecule has 0 fully saturated rings. The highest BCUT2D eigenvalue weighted by Crippen LogP contribution is 2.32. The van der Waals surface area contributed by atoms with Crippen LogP contribution in [0.2, 0.25) is 5.02 Å². The Kier molecular flexibility index (Phi) is 5.24. The summed E-state index contributed by atoms with van der Waals surface area (Å²) in [7, 11) is 0. The van der Waals surface area contributed by atoms with Crippen LogP contribution in [0.25, 0.3) is 11.3 Å². The molecule has 0 saturated carbocycles. The standard InChI is InChI=1S/C16H18ClN5O/c1-9(2)5-6-23-13-4-3-10(7-12(13)17)14-11(8-18)15(19)22-16(20)21-14/h3-4,7,9H,5-6H2,1-2H3,(H4,19,20,21,22). The van der Waals surface area contributed by atoms with Crippen molar-refractivity contribution < 1.29 is 4.74 Å². The number of nitriles is 1. The minimum atomic E-state index is 0.00452. The van der Waals surface area contributed by atoms with Gasteiger partial charge in [0, 0.05) is 5.56 Å². The molecule has 0 bridgehead atoms. The van der Waals surface area contributed by atoms with Crippen molar-refractivity contribution in [1.82, 2.24) is 9.97 Å². The summed E-state index contributed by atoms with van der Waals surface area (Å²) in [6.07, 6.45) is 0.940. The van der Waals surface area contributed by atoms with E-state index >= 15 is 0 Å². The Morgan fingerprint density at radius 1 is 1.30 bits per heavy atom. The molecule has 0 aliphatic carbocycles. The van der Waals surface area contributed by atoms with Crippen LogP contribution in [0.15, 0.2) is 18.2 Å². The molecule has 0 aliphatic rings. The Morgan fingerprint density at radius 2 is 2.04 bits per heavy atom. The zero-order chi connectivity index (χ0) is 17.0. The second-order valence-electron chi connectivity index (χ2n) is 5.48. The average molecular weight is 332 g/mol. The van der Waals surface area contributed by atoms with Crippen LogP contribution in [-0.4, -0.2) is 16.6 Å². The highest BCUT2D eigenvalue weighted by atomic mass is 35.5. The highest BCUT2D eigenvalue weighted by molar-refractivity contribution is 6.32. The van der Waals surface area contributed by atoms with Gasteiger partial charge in [-0.15, -0.1) is 0 Å². The van der Waals surface area contributed by atoms with Crippen molar-refractivity contribution >= 4 is 23.4 Å². The van der Waals surface area contributed by atoms with E-state index in [1.165, 1.54) is 0 Å². The summed E-state index contributed by atoms with van der Waals surface area (Å²) in [6, 6.07) is 7.17. The zero-order valence-corrected chi connectivity index (χ0v) is 13.8. The van der Waals surface area contributed by atoms with E-state index in [0.717, 1.165) is 6.42 Å². The molecule has 0 aliphatic heterocycles. The predicted octanol–water partition coefficient (Wildman–Crippen LogP) is 3.26. The normalized spacial score (nSPS) is 10.6. The number of ether oxygens (including phenoxy) is 1. The molecule has 2 rings (SSSR count). The van der Waals surface area contributed by atoms with Gasteiger partial charge in [0.05, 0.1) is 17.3 Å². The van der Waals surface area contributed by atoms with E-state index in [0.29, 0.717) is 34.6 Å². The van der Waals surface area contributed by atoms with Crippen molar-refractivity contribution in [3.8, 4) is 23.1 Å². The van der Waals surface area contributed by atoms with Gasteiger partial charge in [0.15, 0.2) is 0 Å².